The molecule has 1 heterocycles. The summed E-state index contributed by atoms with van der Waals surface area (Å²) in [4.78, 5) is 10.6. The van der Waals surface area contributed by atoms with E-state index in [9.17, 15) is 4.79 Å². The van der Waals surface area contributed by atoms with Crippen molar-refractivity contribution in [2.24, 2.45) is 0 Å². The molecule has 0 unspecified atom stereocenters. The Hall–Kier alpha value is -0.150. The Labute approximate surface area is 68.8 Å². The standard InChI is InChI=1S/C6H7ClO2S/c1-4-5(6(7)8)2-3-10-9-4/h2-3H2,1H3. The number of carbonyl (C=O) groups excluding carboxylic acids is 1. The van der Waals surface area contributed by atoms with Crippen LogP contribution in [0.4, 0.5) is 0 Å². The summed E-state index contributed by atoms with van der Waals surface area (Å²) in [7, 11) is 0. The molecule has 56 valence electrons. The summed E-state index contributed by atoms with van der Waals surface area (Å²) in [6, 6.07) is 0. The van der Waals surface area contributed by atoms with E-state index in [2.05, 4.69) is 0 Å². The van der Waals surface area contributed by atoms with E-state index in [-0.39, 0.29) is 0 Å². The van der Waals surface area contributed by atoms with Crippen LogP contribution in [0.3, 0.4) is 0 Å². The quantitative estimate of drug-likeness (QED) is 0.455. The Morgan fingerprint density at radius 2 is 2.50 bits per heavy atom. The van der Waals surface area contributed by atoms with Gasteiger partial charge in [0.05, 0.1) is 17.6 Å². The summed E-state index contributed by atoms with van der Waals surface area (Å²) in [5, 5.41) is -0.391. The van der Waals surface area contributed by atoms with Gasteiger partial charge in [0.1, 0.15) is 5.76 Å². The molecule has 0 bridgehead atoms. The minimum absolute atomic E-state index is 0.391. The molecule has 0 aliphatic carbocycles. The van der Waals surface area contributed by atoms with E-state index in [4.69, 9.17) is 15.8 Å². The Morgan fingerprint density at radius 3 is 2.90 bits per heavy atom. The van der Waals surface area contributed by atoms with Crippen LogP contribution >= 0.6 is 23.6 Å². The van der Waals surface area contributed by atoms with Crippen LogP contribution in [0.2, 0.25) is 0 Å². The second-order valence-corrected chi connectivity index (χ2v) is 3.12. The fourth-order valence-electron chi connectivity index (χ4n) is 0.737. The van der Waals surface area contributed by atoms with Gasteiger partial charge in [-0.25, -0.2) is 0 Å². The maximum atomic E-state index is 10.6. The Balaban J connectivity index is 2.78. The number of allylic oxidation sites excluding steroid dienone is 2. The Kier molecular flexibility index (Phi) is 2.63. The molecule has 0 aromatic rings. The molecule has 0 saturated carbocycles. The van der Waals surface area contributed by atoms with E-state index in [1.54, 1.807) is 6.92 Å². The fraction of sp³-hybridized carbons (Fsp3) is 0.500. The van der Waals surface area contributed by atoms with E-state index in [0.29, 0.717) is 11.3 Å². The molecule has 0 N–H and O–H groups in total. The molecular formula is C6H7ClO2S. The van der Waals surface area contributed by atoms with Gasteiger partial charge in [0, 0.05) is 5.75 Å². The lowest BCUT2D eigenvalue weighted by molar-refractivity contribution is -0.108. The number of rotatable bonds is 1. The second-order valence-electron chi connectivity index (χ2n) is 1.96. The van der Waals surface area contributed by atoms with Crippen molar-refractivity contribution in [1.82, 2.24) is 0 Å². The van der Waals surface area contributed by atoms with E-state index >= 15 is 0 Å². The first-order valence-electron chi connectivity index (χ1n) is 2.91. The zero-order valence-corrected chi connectivity index (χ0v) is 7.09. The van der Waals surface area contributed by atoms with Crippen LogP contribution < -0.4 is 0 Å². The van der Waals surface area contributed by atoms with Crippen LogP contribution in [-0.4, -0.2) is 11.0 Å². The van der Waals surface area contributed by atoms with Crippen LogP contribution in [0.1, 0.15) is 13.3 Å². The first-order chi connectivity index (χ1) is 4.72. The minimum atomic E-state index is -0.391. The van der Waals surface area contributed by atoms with Gasteiger partial charge in [-0.1, -0.05) is 0 Å². The maximum absolute atomic E-state index is 10.6. The highest BCUT2D eigenvalue weighted by Gasteiger charge is 2.16. The molecule has 1 rings (SSSR count). The molecule has 0 spiro atoms. The normalized spacial score (nSPS) is 18.6. The van der Waals surface area contributed by atoms with Gasteiger partial charge in [0.2, 0.25) is 0 Å². The Bertz CT molecular complexity index is 188. The first kappa shape index (κ1) is 7.95. The minimum Gasteiger partial charge on any atom is -0.430 e. The summed E-state index contributed by atoms with van der Waals surface area (Å²) in [5.74, 6) is 1.46. The van der Waals surface area contributed by atoms with E-state index in [0.717, 1.165) is 12.2 Å². The van der Waals surface area contributed by atoms with Crippen molar-refractivity contribution in [2.75, 3.05) is 5.75 Å². The van der Waals surface area contributed by atoms with Gasteiger partial charge in [0.25, 0.3) is 5.24 Å². The molecule has 0 amide bonds. The van der Waals surface area contributed by atoms with Gasteiger partial charge >= 0.3 is 0 Å². The highest BCUT2D eigenvalue weighted by Crippen LogP contribution is 2.25. The number of halogens is 1. The van der Waals surface area contributed by atoms with Crippen molar-refractivity contribution in [1.29, 1.82) is 0 Å². The summed E-state index contributed by atoms with van der Waals surface area (Å²) < 4.78 is 5.04. The van der Waals surface area contributed by atoms with Crippen LogP contribution in [0, 0.1) is 0 Å². The lowest BCUT2D eigenvalue weighted by atomic mass is 10.2. The summed E-state index contributed by atoms with van der Waals surface area (Å²) in [6.07, 6.45) is 0.721. The van der Waals surface area contributed by atoms with Gasteiger partial charge in [-0.05, 0) is 24.9 Å². The van der Waals surface area contributed by atoms with Crippen molar-refractivity contribution in [3.63, 3.8) is 0 Å². The van der Waals surface area contributed by atoms with Crippen LogP contribution in [0.15, 0.2) is 11.3 Å². The molecule has 0 saturated heterocycles. The highest BCUT2D eigenvalue weighted by molar-refractivity contribution is 7.94. The van der Waals surface area contributed by atoms with E-state index in [1.165, 1.54) is 12.0 Å². The van der Waals surface area contributed by atoms with Crippen LogP contribution in [0.25, 0.3) is 0 Å². The average molecular weight is 179 g/mol. The van der Waals surface area contributed by atoms with Crippen molar-refractivity contribution in [2.45, 2.75) is 13.3 Å². The van der Waals surface area contributed by atoms with Crippen molar-refractivity contribution in [3.05, 3.63) is 11.3 Å². The predicted octanol–water partition coefficient (Wildman–Crippen LogP) is 2.09. The average Bonchev–Trinajstić information content (AvgIpc) is 1.88. The van der Waals surface area contributed by atoms with Crippen LogP contribution in [0.5, 0.6) is 0 Å². The lowest BCUT2D eigenvalue weighted by Gasteiger charge is -2.13. The largest absolute Gasteiger partial charge is 0.430 e. The third-order valence-electron chi connectivity index (χ3n) is 1.28. The fourth-order valence-corrected chi connectivity index (χ4v) is 1.61. The molecule has 10 heavy (non-hydrogen) atoms. The molecule has 0 atom stereocenters. The molecule has 1 aliphatic rings. The summed E-state index contributed by atoms with van der Waals surface area (Å²) >= 11 is 6.62. The van der Waals surface area contributed by atoms with Crippen molar-refractivity contribution >= 4 is 28.9 Å². The smallest absolute Gasteiger partial charge is 0.251 e. The zero-order chi connectivity index (χ0) is 7.56. The topological polar surface area (TPSA) is 26.3 Å². The third-order valence-corrected chi connectivity index (χ3v) is 2.25. The van der Waals surface area contributed by atoms with E-state index < -0.39 is 5.24 Å². The number of carbonyl (C=O) groups is 1. The number of hydrogen-bond donors (Lipinski definition) is 0. The zero-order valence-electron chi connectivity index (χ0n) is 5.52. The van der Waals surface area contributed by atoms with Gasteiger partial charge in [-0.15, -0.1) is 0 Å². The molecular weight excluding hydrogens is 172 g/mol. The monoisotopic (exact) mass is 178 g/mol. The molecule has 0 aromatic heterocycles. The Morgan fingerprint density at radius 1 is 1.80 bits per heavy atom. The maximum Gasteiger partial charge on any atom is 0.251 e. The molecule has 0 fully saturated rings. The number of hydrogen-bond acceptors (Lipinski definition) is 3. The lowest BCUT2D eigenvalue weighted by Crippen LogP contribution is -2.04. The van der Waals surface area contributed by atoms with Crippen LogP contribution in [-0.2, 0) is 8.98 Å². The molecule has 0 aromatic carbocycles. The van der Waals surface area contributed by atoms with Gasteiger partial charge in [-0.3, -0.25) is 4.79 Å². The highest BCUT2D eigenvalue weighted by atomic mass is 35.5. The predicted molar refractivity (Wildman–Crippen MR) is 41.7 cm³/mol. The summed E-state index contributed by atoms with van der Waals surface area (Å²) in [5.41, 5.74) is 0.611. The van der Waals surface area contributed by atoms with Gasteiger partial charge < -0.3 is 4.18 Å². The van der Waals surface area contributed by atoms with E-state index in [1.807, 2.05) is 0 Å². The molecule has 1 aliphatic heterocycles. The van der Waals surface area contributed by atoms with Crippen molar-refractivity contribution in [3.8, 4) is 0 Å². The van der Waals surface area contributed by atoms with Gasteiger partial charge in [-0.2, -0.15) is 0 Å². The third kappa shape index (κ3) is 1.67. The molecule has 2 nitrogen and oxygen atoms in total. The van der Waals surface area contributed by atoms with Crippen molar-refractivity contribution < 1.29 is 8.98 Å². The first-order valence-corrected chi connectivity index (χ1v) is 4.19. The second kappa shape index (κ2) is 3.30. The van der Waals surface area contributed by atoms with Gasteiger partial charge in [0.15, 0.2) is 0 Å². The summed E-state index contributed by atoms with van der Waals surface area (Å²) in [6.45, 7) is 1.75. The SMILES string of the molecule is CC1=C(C(=O)Cl)CCSO1. The molecule has 0 radical (unpaired) electrons. The molecule has 4 heteroatoms.